The molecule has 4 nitrogen and oxygen atoms in total. The number of anilines is 2. The summed E-state index contributed by atoms with van der Waals surface area (Å²) in [5.41, 5.74) is 0. The Hall–Kier alpha value is -0.970. The van der Waals surface area contributed by atoms with Gasteiger partial charge in [-0.05, 0) is 25.5 Å². The molecule has 1 aromatic rings. The molecule has 1 saturated heterocycles. The van der Waals surface area contributed by atoms with Gasteiger partial charge in [-0.2, -0.15) is 0 Å². The minimum absolute atomic E-state index is 0.769. The van der Waals surface area contributed by atoms with Gasteiger partial charge in [-0.1, -0.05) is 18.7 Å². The molecule has 2 heterocycles. The molecule has 0 spiro atoms. The van der Waals surface area contributed by atoms with Crippen LogP contribution in [0.25, 0.3) is 0 Å². The van der Waals surface area contributed by atoms with Crippen molar-refractivity contribution in [2.24, 2.45) is 5.92 Å². The number of nitrogens with one attached hydrogen (secondary N) is 1. The van der Waals surface area contributed by atoms with Gasteiger partial charge in [0.2, 0.25) is 0 Å². The van der Waals surface area contributed by atoms with Crippen LogP contribution in [0, 0.1) is 5.92 Å². The van der Waals surface area contributed by atoms with Gasteiger partial charge in [0.1, 0.15) is 11.6 Å². The summed E-state index contributed by atoms with van der Waals surface area (Å²) in [6, 6.07) is 2.06. The third kappa shape index (κ3) is 3.03. The molecule has 0 amide bonds. The predicted molar refractivity (Wildman–Crippen MR) is 74.0 cm³/mol. The summed E-state index contributed by atoms with van der Waals surface area (Å²) in [4.78, 5) is 11.4. The van der Waals surface area contributed by atoms with E-state index in [1.807, 2.05) is 6.26 Å². The molecule has 0 bridgehead atoms. The number of nitrogens with zero attached hydrogens (tertiary/aromatic N) is 3. The summed E-state index contributed by atoms with van der Waals surface area (Å²) in [7, 11) is 0. The molecule has 5 heteroatoms. The molecule has 1 unspecified atom stereocenters. The summed E-state index contributed by atoms with van der Waals surface area (Å²) in [6.45, 7) is 7.48. The molecular weight excluding hydrogens is 232 g/mol. The molecule has 0 aliphatic carbocycles. The third-order valence-corrected chi connectivity index (χ3v) is 3.53. The van der Waals surface area contributed by atoms with Crippen LogP contribution in [-0.2, 0) is 0 Å². The second-order valence-corrected chi connectivity index (χ2v) is 5.24. The Kier molecular flexibility index (Phi) is 4.10. The molecule has 1 aliphatic heterocycles. The molecule has 2 rings (SSSR count). The van der Waals surface area contributed by atoms with Gasteiger partial charge in [0.05, 0.1) is 0 Å². The molecule has 1 fully saturated rings. The first kappa shape index (κ1) is 12.5. The van der Waals surface area contributed by atoms with Crippen LogP contribution in [0.2, 0.25) is 0 Å². The Balaban J connectivity index is 2.23. The van der Waals surface area contributed by atoms with E-state index in [-0.39, 0.29) is 0 Å². The van der Waals surface area contributed by atoms with Gasteiger partial charge in [-0.15, -0.1) is 0 Å². The fourth-order valence-electron chi connectivity index (χ4n) is 2.08. The molecule has 1 aliphatic rings. The van der Waals surface area contributed by atoms with Crippen molar-refractivity contribution in [3.8, 4) is 0 Å². The van der Waals surface area contributed by atoms with Gasteiger partial charge in [0.15, 0.2) is 5.16 Å². The van der Waals surface area contributed by atoms with Gasteiger partial charge >= 0.3 is 0 Å². The van der Waals surface area contributed by atoms with E-state index in [0.717, 1.165) is 42.3 Å². The van der Waals surface area contributed by atoms with Crippen LogP contribution in [0.1, 0.15) is 20.3 Å². The summed E-state index contributed by atoms with van der Waals surface area (Å²) < 4.78 is 0. The SMILES string of the molecule is CCNc1cc(N2CCC(C)C2)nc(SC)n1. The third-order valence-electron chi connectivity index (χ3n) is 2.98. The maximum Gasteiger partial charge on any atom is 0.191 e. The van der Waals surface area contributed by atoms with E-state index < -0.39 is 0 Å². The fraction of sp³-hybridized carbons (Fsp3) is 0.667. The average Bonchev–Trinajstić information content (AvgIpc) is 2.76. The van der Waals surface area contributed by atoms with E-state index >= 15 is 0 Å². The Labute approximate surface area is 107 Å². The summed E-state index contributed by atoms with van der Waals surface area (Å²) in [5, 5.41) is 4.11. The first-order valence-electron chi connectivity index (χ1n) is 6.14. The highest BCUT2D eigenvalue weighted by molar-refractivity contribution is 7.98. The lowest BCUT2D eigenvalue weighted by Crippen LogP contribution is -2.21. The Bertz CT molecular complexity index is 383. The lowest BCUT2D eigenvalue weighted by molar-refractivity contribution is 0.658. The van der Waals surface area contributed by atoms with Crippen molar-refractivity contribution < 1.29 is 0 Å². The molecule has 1 aromatic heterocycles. The fourth-order valence-corrected chi connectivity index (χ4v) is 2.46. The van der Waals surface area contributed by atoms with Crippen molar-refractivity contribution in [1.29, 1.82) is 0 Å². The zero-order valence-electron chi connectivity index (χ0n) is 10.7. The Morgan fingerprint density at radius 2 is 2.35 bits per heavy atom. The number of rotatable bonds is 4. The highest BCUT2D eigenvalue weighted by Gasteiger charge is 2.20. The van der Waals surface area contributed by atoms with Crippen LogP contribution in [0.4, 0.5) is 11.6 Å². The summed E-state index contributed by atoms with van der Waals surface area (Å²) in [6.07, 6.45) is 3.27. The van der Waals surface area contributed by atoms with Crippen molar-refractivity contribution in [1.82, 2.24) is 9.97 Å². The van der Waals surface area contributed by atoms with Crippen molar-refractivity contribution in [3.63, 3.8) is 0 Å². The van der Waals surface area contributed by atoms with Crippen LogP contribution in [-0.4, -0.2) is 35.9 Å². The van der Waals surface area contributed by atoms with E-state index in [1.54, 1.807) is 11.8 Å². The van der Waals surface area contributed by atoms with Crippen LogP contribution < -0.4 is 10.2 Å². The van der Waals surface area contributed by atoms with Crippen LogP contribution >= 0.6 is 11.8 Å². The smallest absolute Gasteiger partial charge is 0.191 e. The topological polar surface area (TPSA) is 41.0 Å². The summed E-state index contributed by atoms with van der Waals surface area (Å²) in [5.74, 6) is 2.76. The van der Waals surface area contributed by atoms with Crippen molar-refractivity contribution in [2.45, 2.75) is 25.4 Å². The van der Waals surface area contributed by atoms with Crippen LogP contribution in [0.15, 0.2) is 11.2 Å². The minimum Gasteiger partial charge on any atom is -0.370 e. The Morgan fingerprint density at radius 3 is 2.94 bits per heavy atom. The molecular formula is C12H20N4S. The summed E-state index contributed by atoms with van der Waals surface area (Å²) >= 11 is 1.59. The first-order chi connectivity index (χ1) is 8.22. The zero-order chi connectivity index (χ0) is 12.3. The van der Waals surface area contributed by atoms with E-state index in [4.69, 9.17) is 0 Å². The van der Waals surface area contributed by atoms with E-state index in [1.165, 1.54) is 6.42 Å². The van der Waals surface area contributed by atoms with Crippen molar-refractivity contribution >= 4 is 23.4 Å². The number of aromatic nitrogens is 2. The van der Waals surface area contributed by atoms with Crippen molar-refractivity contribution in [2.75, 3.05) is 36.1 Å². The van der Waals surface area contributed by atoms with Crippen LogP contribution in [0.3, 0.4) is 0 Å². The molecule has 1 N–H and O–H groups in total. The molecule has 0 radical (unpaired) electrons. The number of thioether (sulfide) groups is 1. The second kappa shape index (κ2) is 5.58. The monoisotopic (exact) mass is 252 g/mol. The lowest BCUT2D eigenvalue weighted by Gasteiger charge is -2.18. The highest BCUT2D eigenvalue weighted by atomic mass is 32.2. The normalized spacial score (nSPS) is 19.7. The maximum atomic E-state index is 4.59. The molecule has 0 saturated carbocycles. The lowest BCUT2D eigenvalue weighted by atomic mass is 10.2. The van der Waals surface area contributed by atoms with Gasteiger partial charge in [0, 0.05) is 25.7 Å². The maximum absolute atomic E-state index is 4.59. The standard InChI is InChI=1S/C12H20N4S/c1-4-13-10-7-11(15-12(14-10)17-3)16-6-5-9(2)8-16/h7,9H,4-6,8H2,1-3H3,(H,13,14,15). The van der Waals surface area contributed by atoms with E-state index in [0.29, 0.717) is 0 Å². The number of hydrogen-bond donors (Lipinski definition) is 1. The highest BCUT2D eigenvalue weighted by Crippen LogP contribution is 2.25. The van der Waals surface area contributed by atoms with Crippen LogP contribution in [0.5, 0.6) is 0 Å². The minimum atomic E-state index is 0.769. The Morgan fingerprint density at radius 1 is 1.53 bits per heavy atom. The van der Waals surface area contributed by atoms with Gasteiger partial charge in [0.25, 0.3) is 0 Å². The van der Waals surface area contributed by atoms with E-state index in [9.17, 15) is 0 Å². The average molecular weight is 252 g/mol. The molecule has 1 atom stereocenters. The van der Waals surface area contributed by atoms with Gasteiger partial charge in [-0.3, -0.25) is 0 Å². The van der Waals surface area contributed by atoms with Gasteiger partial charge < -0.3 is 10.2 Å². The largest absolute Gasteiger partial charge is 0.370 e. The first-order valence-corrected chi connectivity index (χ1v) is 7.37. The molecule has 0 aromatic carbocycles. The molecule has 94 valence electrons. The zero-order valence-corrected chi connectivity index (χ0v) is 11.5. The number of hydrogen-bond acceptors (Lipinski definition) is 5. The van der Waals surface area contributed by atoms with E-state index in [2.05, 4.69) is 40.1 Å². The predicted octanol–water partition coefficient (Wildman–Crippen LogP) is 2.48. The molecule has 17 heavy (non-hydrogen) atoms. The van der Waals surface area contributed by atoms with Crippen molar-refractivity contribution in [3.05, 3.63) is 6.07 Å². The quantitative estimate of drug-likeness (QED) is 0.658. The second-order valence-electron chi connectivity index (χ2n) is 4.47. The van der Waals surface area contributed by atoms with Gasteiger partial charge in [-0.25, -0.2) is 9.97 Å².